The van der Waals surface area contributed by atoms with Crippen molar-refractivity contribution >= 4 is 15.8 Å². The van der Waals surface area contributed by atoms with E-state index in [1.165, 1.54) is 10.9 Å². The molecule has 0 amide bonds. The molecule has 0 saturated carbocycles. The Bertz CT molecular complexity index is 561. The molecule has 1 aliphatic rings. The number of aromatic nitrogens is 2. The largest absolute Gasteiger partial charge is 0.381 e. The monoisotopic (exact) mass is 315 g/mol. The first-order valence-electron chi connectivity index (χ1n) is 7.54. The number of nitrogens with zero attached hydrogens (tertiary/aromatic N) is 3. The van der Waals surface area contributed by atoms with Gasteiger partial charge in [-0.2, -0.15) is 5.10 Å². The van der Waals surface area contributed by atoms with Crippen LogP contribution in [0, 0.1) is 0 Å². The molecule has 0 unspecified atom stereocenters. The lowest BCUT2D eigenvalue weighted by atomic mass is 10.1. The molecular formula is C13H25N5O2S. The molecule has 21 heavy (non-hydrogen) atoms. The summed E-state index contributed by atoms with van der Waals surface area (Å²) in [6, 6.07) is -0.0208. The van der Waals surface area contributed by atoms with Gasteiger partial charge >= 0.3 is 0 Å². The number of piperidine rings is 1. The fraction of sp³-hybridized carbons (Fsp3) is 0.769. The van der Waals surface area contributed by atoms with Crippen LogP contribution in [0.1, 0.15) is 33.1 Å². The summed E-state index contributed by atoms with van der Waals surface area (Å²) in [5.41, 5.74) is 5.71. The highest BCUT2D eigenvalue weighted by Gasteiger charge is 2.27. The molecule has 3 N–H and O–H groups in total. The second-order valence-corrected chi connectivity index (χ2v) is 7.15. The van der Waals surface area contributed by atoms with E-state index in [1.807, 2.05) is 6.92 Å². The molecule has 1 aliphatic heterocycles. The van der Waals surface area contributed by atoms with E-state index in [2.05, 4.69) is 21.6 Å². The van der Waals surface area contributed by atoms with Gasteiger partial charge in [-0.1, -0.05) is 6.92 Å². The number of hydrogen-bond acceptors (Lipinski definition) is 5. The minimum absolute atomic E-state index is 0.0208. The van der Waals surface area contributed by atoms with Crippen molar-refractivity contribution in [1.82, 2.24) is 19.4 Å². The zero-order valence-corrected chi connectivity index (χ0v) is 13.6. The van der Waals surface area contributed by atoms with E-state index in [-0.39, 0.29) is 16.8 Å². The number of hydrogen-bond donors (Lipinski definition) is 2. The lowest BCUT2D eigenvalue weighted by Gasteiger charge is -2.31. The van der Waals surface area contributed by atoms with Crippen molar-refractivity contribution < 1.29 is 8.42 Å². The van der Waals surface area contributed by atoms with Gasteiger partial charge in [-0.05, 0) is 45.8 Å². The van der Waals surface area contributed by atoms with Crippen molar-refractivity contribution in [3.8, 4) is 0 Å². The van der Waals surface area contributed by atoms with Crippen molar-refractivity contribution in [2.75, 3.05) is 25.4 Å². The molecule has 1 saturated heterocycles. The zero-order chi connectivity index (χ0) is 15.5. The number of likely N-dealkylation sites (tertiary alicyclic amines) is 1. The summed E-state index contributed by atoms with van der Waals surface area (Å²) in [4.78, 5) is 2.45. The molecule has 0 bridgehead atoms. The van der Waals surface area contributed by atoms with Crippen LogP contribution in [0.25, 0.3) is 0 Å². The topological polar surface area (TPSA) is 93.2 Å². The second kappa shape index (κ2) is 6.76. The Morgan fingerprint density at radius 2 is 2.05 bits per heavy atom. The van der Waals surface area contributed by atoms with Gasteiger partial charge in [0.15, 0.2) is 5.82 Å². The summed E-state index contributed by atoms with van der Waals surface area (Å²) in [7, 11) is -3.59. The van der Waals surface area contributed by atoms with Gasteiger partial charge in [0.1, 0.15) is 4.90 Å². The summed E-state index contributed by atoms with van der Waals surface area (Å²) in [6.07, 6.45) is 4.29. The predicted molar refractivity (Wildman–Crippen MR) is 82.4 cm³/mol. The molecule has 7 nitrogen and oxygen atoms in total. The molecule has 1 fully saturated rings. The van der Waals surface area contributed by atoms with Crippen LogP contribution >= 0.6 is 0 Å². The van der Waals surface area contributed by atoms with Crippen LogP contribution in [0.4, 0.5) is 5.82 Å². The highest BCUT2D eigenvalue weighted by atomic mass is 32.2. The Morgan fingerprint density at radius 1 is 1.38 bits per heavy atom. The van der Waals surface area contributed by atoms with Gasteiger partial charge in [0.2, 0.25) is 10.0 Å². The molecule has 2 rings (SSSR count). The van der Waals surface area contributed by atoms with Crippen LogP contribution < -0.4 is 10.5 Å². The van der Waals surface area contributed by atoms with Crippen molar-refractivity contribution in [3.05, 3.63) is 6.20 Å². The van der Waals surface area contributed by atoms with E-state index in [9.17, 15) is 8.42 Å². The molecule has 0 aromatic carbocycles. The number of rotatable bonds is 6. The Labute approximate surface area is 126 Å². The van der Waals surface area contributed by atoms with E-state index < -0.39 is 10.0 Å². The van der Waals surface area contributed by atoms with Gasteiger partial charge in [-0.25, -0.2) is 13.1 Å². The van der Waals surface area contributed by atoms with Gasteiger partial charge in [-0.15, -0.1) is 0 Å². The molecule has 120 valence electrons. The third-order valence-corrected chi connectivity index (χ3v) is 5.35. The first kappa shape index (κ1) is 16.3. The van der Waals surface area contributed by atoms with Gasteiger partial charge in [0, 0.05) is 18.8 Å². The molecule has 1 aromatic heterocycles. The lowest BCUT2D eigenvalue weighted by molar-refractivity contribution is 0.208. The van der Waals surface area contributed by atoms with E-state index in [0.717, 1.165) is 38.9 Å². The number of nitrogen functional groups attached to an aromatic ring is 1. The quantitative estimate of drug-likeness (QED) is 0.803. The van der Waals surface area contributed by atoms with Gasteiger partial charge in [-0.3, -0.25) is 4.68 Å². The Balaban J connectivity index is 2.00. The minimum atomic E-state index is -3.59. The normalized spacial score (nSPS) is 18.2. The van der Waals surface area contributed by atoms with Crippen LogP contribution in [-0.4, -0.2) is 48.8 Å². The minimum Gasteiger partial charge on any atom is -0.381 e. The summed E-state index contributed by atoms with van der Waals surface area (Å²) < 4.78 is 29.1. The predicted octanol–water partition coefficient (Wildman–Crippen LogP) is 0.638. The number of sulfonamides is 1. The molecule has 0 radical (unpaired) electrons. The molecule has 8 heteroatoms. The summed E-state index contributed by atoms with van der Waals surface area (Å²) >= 11 is 0. The van der Waals surface area contributed by atoms with Crippen molar-refractivity contribution in [1.29, 1.82) is 0 Å². The van der Waals surface area contributed by atoms with Crippen molar-refractivity contribution in [2.45, 2.75) is 50.6 Å². The average Bonchev–Trinajstić information content (AvgIpc) is 2.83. The van der Waals surface area contributed by atoms with E-state index in [1.54, 1.807) is 0 Å². The highest BCUT2D eigenvalue weighted by Crippen LogP contribution is 2.19. The van der Waals surface area contributed by atoms with Crippen LogP contribution in [-0.2, 0) is 16.6 Å². The lowest BCUT2D eigenvalue weighted by Crippen LogP contribution is -2.44. The fourth-order valence-corrected chi connectivity index (χ4v) is 4.04. The third kappa shape index (κ3) is 3.96. The van der Waals surface area contributed by atoms with Crippen LogP contribution in [0.3, 0.4) is 0 Å². The van der Waals surface area contributed by atoms with Crippen LogP contribution in [0.5, 0.6) is 0 Å². The number of nitrogens with one attached hydrogen (secondary N) is 1. The average molecular weight is 315 g/mol. The Kier molecular flexibility index (Phi) is 5.23. The summed E-state index contributed by atoms with van der Waals surface area (Å²) in [6.45, 7) is 7.59. The number of anilines is 1. The Morgan fingerprint density at radius 3 is 2.57 bits per heavy atom. The standard InChI is InChI=1S/C13H25N5O2S/c1-3-7-17-8-5-11(6-9-17)16-21(19,20)12-10-18(4-2)15-13(12)14/h10-11,16H,3-9H2,1-2H3,(H2,14,15). The van der Waals surface area contributed by atoms with Crippen LogP contribution in [0.2, 0.25) is 0 Å². The first-order chi connectivity index (χ1) is 9.96. The number of aryl methyl sites for hydroxylation is 1. The molecule has 0 spiro atoms. The van der Waals surface area contributed by atoms with E-state index in [4.69, 9.17) is 5.73 Å². The highest BCUT2D eigenvalue weighted by molar-refractivity contribution is 7.89. The van der Waals surface area contributed by atoms with E-state index in [0.29, 0.717) is 6.54 Å². The maximum absolute atomic E-state index is 12.4. The number of nitrogens with two attached hydrogens (primary N) is 1. The van der Waals surface area contributed by atoms with Gasteiger partial charge in [0.25, 0.3) is 0 Å². The smallest absolute Gasteiger partial charge is 0.246 e. The van der Waals surface area contributed by atoms with E-state index >= 15 is 0 Å². The summed E-state index contributed by atoms with van der Waals surface area (Å²) in [5, 5.41) is 3.99. The fourth-order valence-electron chi connectivity index (χ4n) is 2.66. The van der Waals surface area contributed by atoms with Crippen molar-refractivity contribution in [3.63, 3.8) is 0 Å². The van der Waals surface area contributed by atoms with Crippen LogP contribution in [0.15, 0.2) is 11.1 Å². The third-order valence-electron chi connectivity index (χ3n) is 3.82. The second-order valence-electron chi connectivity index (χ2n) is 5.47. The van der Waals surface area contributed by atoms with Gasteiger partial charge in [0.05, 0.1) is 0 Å². The molecule has 0 atom stereocenters. The molecular weight excluding hydrogens is 290 g/mol. The Hall–Kier alpha value is -1.12. The van der Waals surface area contributed by atoms with Gasteiger partial charge < -0.3 is 10.6 Å². The molecule has 1 aromatic rings. The molecule has 2 heterocycles. The zero-order valence-electron chi connectivity index (χ0n) is 12.7. The SMILES string of the molecule is CCCN1CCC(NS(=O)(=O)c2cn(CC)nc2N)CC1. The maximum atomic E-state index is 12.4. The molecule has 0 aliphatic carbocycles. The first-order valence-corrected chi connectivity index (χ1v) is 9.02. The van der Waals surface area contributed by atoms with Crippen molar-refractivity contribution in [2.24, 2.45) is 0 Å². The summed E-state index contributed by atoms with van der Waals surface area (Å²) in [5.74, 6) is 0.0627. The maximum Gasteiger partial charge on any atom is 0.246 e.